The van der Waals surface area contributed by atoms with Crippen molar-refractivity contribution in [3.63, 3.8) is 0 Å². The first-order valence-electron chi connectivity index (χ1n) is 8.47. The van der Waals surface area contributed by atoms with Crippen LogP contribution in [0.1, 0.15) is 28.8 Å². The molecule has 0 aliphatic heterocycles. The van der Waals surface area contributed by atoms with Crippen LogP contribution in [0.2, 0.25) is 5.02 Å². The molecule has 2 heterocycles. The van der Waals surface area contributed by atoms with Crippen LogP contribution < -0.4 is 10.0 Å². The van der Waals surface area contributed by atoms with E-state index in [-0.39, 0.29) is 10.1 Å². The highest BCUT2D eigenvalue weighted by molar-refractivity contribution is 7.94. The highest BCUT2D eigenvalue weighted by atomic mass is 35.5. The largest absolute Gasteiger partial charge is 0.354 e. The number of carbonyl (C=O) groups excluding carboxylic acids is 1. The molecule has 3 aromatic rings. The van der Waals surface area contributed by atoms with E-state index in [1.165, 1.54) is 13.0 Å². The van der Waals surface area contributed by atoms with E-state index in [1.807, 2.05) is 0 Å². The van der Waals surface area contributed by atoms with Crippen LogP contribution in [-0.4, -0.2) is 19.5 Å². The number of carbonyl (C=O) groups is 1. The van der Waals surface area contributed by atoms with Crippen LogP contribution in [0.5, 0.6) is 0 Å². The number of thiophene rings is 1. The third kappa shape index (κ3) is 4.87. The van der Waals surface area contributed by atoms with E-state index >= 15 is 0 Å². The van der Waals surface area contributed by atoms with Gasteiger partial charge in [-0.2, -0.15) is 0 Å². The zero-order valence-electron chi connectivity index (χ0n) is 15.8. The van der Waals surface area contributed by atoms with Crippen LogP contribution in [0.15, 0.2) is 39.1 Å². The number of nitrogens with one attached hydrogen (secondary N) is 2. The number of nitrogens with zero attached hydrogens (tertiary/aromatic N) is 1. The molecule has 1 aromatic carbocycles. The van der Waals surface area contributed by atoms with Gasteiger partial charge < -0.3 is 9.84 Å². The van der Waals surface area contributed by atoms with E-state index in [4.69, 9.17) is 16.1 Å². The summed E-state index contributed by atoms with van der Waals surface area (Å²) in [5, 5.41) is 6.98. The Morgan fingerprint density at radius 3 is 2.69 bits per heavy atom. The van der Waals surface area contributed by atoms with Gasteiger partial charge in [0.05, 0.1) is 5.69 Å². The van der Waals surface area contributed by atoms with E-state index in [2.05, 4.69) is 15.2 Å². The number of benzene rings is 1. The first-order valence-corrected chi connectivity index (χ1v) is 11.1. The van der Waals surface area contributed by atoms with Gasteiger partial charge in [-0.3, -0.25) is 9.52 Å². The maximum absolute atomic E-state index is 12.7. The maximum atomic E-state index is 12.7. The molecule has 0 saturated heterocycles. The summed E-state index contributed by atoms with van der Waals surface area (Å²) in [7, 11) is -3.75. The molecule has 0 atom stereocenters. The molecule has 0 bridgehead atoms. The molecule has 2 aromatic heterocycles. The summed E-state index contributed by atoms with van der Waals surface area (Å²) in [5.41, 5.74) is 2.12. The predicted octanol–water partition coefficient (Wildman–Crippen LogP) is 4.94. The quantitative estimate of drug-likeness (QED) is 0.553. The predicted molar refractivity (Wildman–Crippen MR) is 116 cm³/mol. The smallest absolute Gasteiger partial charge is 0.271 e. The molecular formula is C19H18ClN3O4S2. The second-order valence-electron chi connectivity index (χ2n) is 6.20. The zero-order chi connectivity index (χ0) is 21.2. The lowest BCUT2D eigenvalue weighted by Crippen LogP contribution is -2.12. The number of halogens is 1. The van der Waals surface area contributed by atoms with Gasteiger partial charge >= 0.3 is 0 Å². The van der Waals surface area contributed by atoms with Crippen molar-refractivity contribution in [3.8, 4) is 0 Å². The van der Waals surface area contributed by atoms with Crippen molar-refractivity contribution in [2.45, 2.75) is 25.0 Å². The minimum absolute atomic E-state index is 0.160. The van der Waals surface area contributed by atoms with Gasteiger partial charge in [0.15, 0.2) is 5.76 Å². The lowest BCUT2D eigenvalue weighted by atomic mass is 10.2. The molecule has 3 rings (SSSR count). The van der Waals surface area contributed by atoms with Crippen molar-refractivity contribution in [2.75, 3.05) is 10.0 Å². The van der Waals surface area contributed by atoms with Crippen LogP contribution in [-0.2, 0) is 14.8 Å². The minimum atomic E-state index is -3.75. The first-order chi connectivity index (χ1) is 13.7. The van der Waals surface area contributed by atoms with Crippen molar-refractivity contribution >= 4 is 62.4 Å². The van der Waals surface area contributed by atoms with E-state index in [0.29, 0.717) is 38.3 Å². The third-order valence-corrected chi connectivity index (χ3v) is 7.29. The van der Waals surface area contributed by atoms with E-state index in [1.54, 1.807) is 50.3 Å². The average Bonchev–Trinajstić information content (AvgIpc) is 3.25. The Kier molecular flexibility index (Phi) is 6.11. The lowest BCUT2D eigenvalue weighted by molar-refractivity contribution is -0.114. The van der Waals surface area contributed by atoms with Crippen LogP contribution >= 0.6 is 22.9 Å². The molecule has 29 heavy (non-hydrogen) atoms. The molecule has 0 saturated carbocycles. The minimum Gasteiger partial charge on any atom is -0.354 e. The lowest BCUT2D eigenvalue weighted by Gasteiger charge is -2.10. The Hall–Kier alpha value is -2.62. The van der Waals surface area contributed by atoms with Gasteiger partial charge in [0.1, 0.15) is 15.6 Å². The molecule has 7 nitrogen and oxygen atoms in total. The number of rotatable bonds is 6. The molecule has 2 N–H and O–H groups in total. The molecule has 0 aliphatic rings. The van der Waals surface area contributed by atoms with Gasteiger partial charge in [-0.05, 0) is 55.8 Å². The fourth-order valence-corrected chi connectivity index (χ4v) is 4.99. The van der Waals surface area contributed by atoms with Crippen molar-refractivity contribution in [2.24, 2.45) is 0 Å². The van der Waals surface area contributed by atoms with Gasteiger partial charge in [0, 0.05) is 16.8 Å². The normalized spacial score (nSPS) is 11.7. The monoisotopic (exact) mass is 451 g/mol. The second kappa shape index (κ2) is 8.40. The number of hydrogen-bond acceptors (Lipinski definition) is 6. The summed E-state index contributed by atoms with van der Waals surface area (Å²) in [6.45, 7) is 4.85. The molecule has 0 fully saturated rings. The van der Waals surface area contributed by atoms with Gasteiger partial charge in [0.25, 0.3) is 10.0 Å². The molecular weight excluding hydrogens is 434 g/mol. The van der Waals surface area contributed by atoms with Gasteiger partial charge in [-0.1, -0.05) is 22.8 Å². The standard InChI is InChI=1S/C19H18ClN3O4S2/c1-11-15(20)5-4-6-16(11)23-29(25,26)18-10-8-14(28-18)7-9-17-19(21-13(3)24)12(2)22-27-17/h4-10,23H,1-3H3,(H,21,24). The number of aryl methyl sites for hydroxylation is 1. The topological polar surface area (TPSA) is 101 Å². The molecule has 0 unspecified atom stereocenters. The summed E-state index contributed by atoms with van der Waals surface area (Å²) < 4.78 is 33.3. The average molecular weight is 452 g/mol. The van der Waals surface area contributed by atoms with E-state index in [9.17, 15) is 13.2 Å². The zero-order valence-corrected chi connectivity index (χ0v) is 18.2. The Bertz CT molecular complexity index is 1200. The molecule has 1 amide bonds. The first kappa shape index (κ1) is 21.1. The highest BCUT2D eigenvalue weighted by Crippen LogP contribution is 2.29. The van der Waals surface area contributed by atoms with Crippen LogP contribution in [0.4, 0.5) is 11.4 Å². The Morgan fingerprint density at radius 1 is 1.21 bits per heavy atom. The summed E-state index contributed by atoms with van der Waals surface area (Å²) in [4.78, 5) is 12.0. The van der Waals surface area contributed by atoms with Crippen molar-refractivity contribution in [1.82, 2.24) is 5.16 Å². The van der Waals surface area contributed by atoms with Gasteiger partial charge in [0.2, 0.25) is 5.91 Å². The van der Waals surface area contributed by atoms with Gasteiger partial charge in [-0.25, -0.2) is 8.42 Å². The van der Waals surface area contributed by atoms with Crippen LogP contribution in [0, 0.1) is 13.8 Å². The second-order valence-corrected chi connectivity index (χ2v) is 9.63. The molecule has 152 valence electrons. The fourth-order valence-electron chi connectivity index (χ4n) is 2.47. The summed E-state index contributed by atoms with van der Waals surface area (Å²) in [6, 6.07) is 8.24. The van der Waals surface area contributed by atoms with Crippen molar-refractivity contribution in [3.05, 3.63) is 57.2 Å². The number of sulfonamides is 1. The molecule has 0 aliphatic carbocycles. The SMILES string of the molecule is CC(=O)Nc1c(C)noc1C=Cc1ccc(S(=O)(=O)Nc2cccc(Cl)c2C)s1. The molecule has 0 spiro atoms. The number of hydrogen-bond donors (Lipinski definition) is 2. The number of amides is 1. The maximum Gasteiger partial charge on any atom is 0.271 e. The number of anilines is 2. The van der Waals surface area contributed by atoms with Crippen LogP contribution in [0.3, 0.4) is 0 Å². The summed E-state index contributed by atoms with van der Waals surface area (Å²) >= 11 is 7.15. The van der Waals surface area contributed by atoms with Crippen molar-refractivity contribution in [1.29, 1.82) is 0 Å². The third-order valence-electron chi connectivity index (χ3n) is 3.97. The highest BCUT2D eigenvalue weighted by Gasteiger charge is 2.18. The van der Waals surface area contributed by atoms with Crippen LogP contribution in [0.25, 0.3) is 12.2 Å². The summed E-state index contributed by atoms with van der Waals surface area (Å²) in [6.07, 6.45) is 3.32. The Morgan fingerprint density at radius 2 is 1.97 bits per heavy atom. The van der Waals surface area contributed by atoms with Crippen molar-refractivity contribution < 1.29 is 17.7 Å². The fraction of sp³-hybridized carbons (Fsp3) is 0.158. The van der Waals surface area contributed by atoms with E-state index in [0.717, 1.165) is 11.3 Å². The Labute approximate surface area is 177 Å². The molecule has 10 heteroatoms. The molecule has 0 radical (unpaired) electrons. The Balaban J connectivity index is 1.81. The number of aromatic nitrogens is 1. The van der Waals surface area contributed by atoms with Gasteiger partial charge in [-0.15, -0.1) is 11.3 Å². The summed E-state index contributed by atoms with van der Waals surface area (Å²) in [5.74, 6) is 0.140. The van der Waals surface area contributed by atoms with E-state index < -0.39 is 10.0 Å².